The normalized spacial score (nSPS) is 10.9. The quantitative estimate of drug-likeness (QED) is 0.693. The molecule has 0 radical (unpaired) electrons. The molecule has 1 aromatic carbocycles. The first-order chi connectivity index (χ1) is 8.31. The summed E-state index contributed by atoms with van der Waals surface area (Å²) in [6, 6.07) is 13.9. The summed E-state index contributed by atoms with van der Waals surface area (Å²) in [7, 11) is 0. The van der Waals surface area contributed by atoms with Crippen LogP contribution in [0, 0.1) is 0 Å². The van der Waals surface area contributed by atoms with Crippen molar-refractivity contribution in [1.29, 1.82) is 0 Å². The van der Waals surface area contributed by atoms with Crippen LogP contribution in [0.4, 0.5) is 0 Å². The summed E-state index contributed by atoms with van der Waals surface area (Å²) in [5, 5.41) is 4.63. The van der Waals surface area contributed by atoms with Gasteiger partial charge < -0.3 is 0 Å². The van der Waals surface area contributed by atoms with Gasteiger partial charge in [-0.15, -0.1) is 0 Å². The highest BCUT2D eigenvalue weighted by atomic mass is 35.5. The molecule has 4 heteroatoms. The van der Waals surface area contributed by atoms with Crippen LogP contribution in [0.1, 0.15) is 11.3 Å². The SMILES string of the molecule is Clc1ccc2nc(Cc3ccccc3)cn2n1. The van der Waals surface area contributed by atoms with Crippen LogP contribution in [0.3, 0.4) is 0 Å². The number of aromatic nitrogens is 3. The van der Waals surface area contributed by atoms with Gasteiger partial charge in [-0.3, -0.25) is 0 Å². The number of nitrogens with zero attached hydrogens (tertiary/aromatic N) is 3. The van der Waals surface area contributed by atoms with Crippen LogP contribution >= 0.6 is 11.6 Å². The number of rotatable bonds is 2. The zero-order valence-corrected chi connectivity index (χ0v) is 9.80. The van der Waals surface area contributed by atoms with Crippen molar-refractivity contribution in [3.8, 4) is 0 Å². The van der Waals surface area contributed by atoms with E-state index in [1.807, 2.05) is 30.5 Å². The second-order valence-electron chi connectivity index (χ2n) is 3.85. The molecule has 84 valence electrons. The van der Waals surface area contributed by atoms with Gasteiger partial charge in [0.2, 0.25) is 0 Å². The van der Waals surface area contributed by atoms with Crippen LogP contribution in [-0.2, 0) is 6.42 Å². The Bertz CT molecular complexity index is 646. The summed E-state index contributed by atoms with van der Waals surface area (Å²) < 4.78 is 1.71. The van der Waals surface area contributed by atoms with Crippen molar-refractivity contribution in [2.24, 2.45) is 0 Å². The van der Waals surface area contributed by atoms with Crippen molar-refractivity contribution in [1.82, 2.24) is 14.6 Å². The van der Waals surface area contributed by atoms with Crippen LogP contribution < -0.4 is 0 Å². The highest BCUT2D eigenvalue weighted by molar-refractivity contribution is 6.29. The monoisotopic (exact) mass is 243 g/mol. The highest BCUT2D eigenvalue weighted by Gasteiger charge is 2.03. The fraction of sp³-hybridized carbons (Fsp3) is 0.0769. The first kappa shape index (κ1) is 10.3. The van der Waals surface area contributed by atoms with E-state index in [1.54, 1.807) is 10.6 Å². The highest BCUT2D eigenvalue weighted by Crippen LogP contribution is 2.11. The Hall–Kier alpha value is -1.87. The maximum atomic E-state index is 5.83. The summed E-state index contributed by atoms with van der Waals surface area (Å²) in [6.07, 6.45) is 2.72. The maximum absolute atomic E-state index is 5.83. The van der Waals surface area contributed by atoms with E-state index in [0.717, 1.165) is 17.8 Å². The minimum Gasteiger partial charge on any atom is -0.232 e. The van der Waals surface area contributed by atoms with Crippen molar-refractivity contribution < 1.29 is 0 Å². The number of hydrogen-bond donors (Lipinski definition) is 0. The lowest BCUT2D eigenvalue weighted by Crippen LogP contribution is -1.88. The third-order valence-corrected chi connectivity index (χ3v) is 2.77. The molecule has 0 atom stereocenters. The van der Waals surface area contributed by atoms with Gasteiger partial charge in [0.1, 0.15) is 5.15 Å². The fourth-order valence-corrected chi connectivity index (χ4v) is 1.94. The van der Waals surface area contributed by atoms with Crippen LogP contribution in [-0.4, -0.2) is 14.6 Å². The number of benzene rings is 1. The topological polar surface area (TPSA) is 30.2 Å². The third kappa shape index (κ3) is 2.15. The van der Waals surface area contributed by atoms with E-state index < -0.39 is 0 Å². The first-order valence-corrected chi connectivity index (χ1v) is 5.74. The molecule has 3 nitrogen and oxygen atoms in total. The van der Waals surface area contributed by atoms with Crippen LogP contribution in [0.25, 0.3) is 5.65 Å². The van der Waals surface area contributed by atoms with Crippen molar-refractivity contribution >= 4 is 17.2 Å². The smallest absolute Gasteiger partial charge is 0.153 e. The standard InChI is InChI=1S/C13H10ClN3/c14-12-6-7-13-15-11(9-17(13)16-12)8-10-4-2-1-3-5-10/h1-7,9H,8H2. The van der Waals surface area contributed by atoms with Crippen molar-refractivity contribution in [3.63, 3.8) is 0 Å². The lowest BCUT2D eigenvalue weighted by molar-refractivity contribution is 0.933. The zero-order valence-electron chi connectivity index (χ0n) is 9.05. The summed E-state index contributed by atoms with van der Waals surface area (Å²) in [5.41, 5.74) is 3.05. The summed E-state index contributed by atoms with van der Waals surface area (Å²) in [4.78, 5) is 4.49. The minimum atomic E-state index is 0.473. The first-order valence-electron chi connectivity index (χ1n) is 5.36. The zero-order chi connectivity index (χ0) is 11.7. The Morgan fingerprint density at radius 2 is 1.88 bits per heavy atom. The molecule has 3 aromatic rings. The Balaban J connectivity index is 1.96. The van der Waals surface area contributed by atoms with Gasteiger partial charge in [-0.25, -0.2) is 9.50 Å². The fourth-order valence-electron chi connectivity index (χ4n) is 1.80. The van der Waals surface area contributed by atoms with Gasteiger partial charge >= 0.3 is 0 Å². The maximum Gasteiger partial charge on any atom is 0.153 e. The molecule has 0 saturated heterocycles. The van der Waals surface area contributed by atoms with E-state index in [9.17, 15) is 0 Å². The summed E-state index contributed by atoms with van der Waals surface area (Å²) in [6.45, 7) is 0. The molecule has 0 fully saturated rings. The molecule has 0 N–H and O–H groups in total. The van der Waals surface area contributed by atoms with Gasteiger partial charge in [-0.1, -0.05) is 41.9 Å². The van der Waals surface area contributed by atoms with Gasteiger partial charge in [0.15, 0.2) is 5.65 Å². The molecule has 0 saturated carbocycles. The Morgan fingerprint density at radius 3 is 2.71 bits per heavy atom. The summed E-state index contributed by atoms with van der Waals surface area (Å²) in [5.74, 6) is 0. The van der Waals surface area contributed by atoms with Gasteiger partial charge in [0.05, 0.1) is 11.9 Å². The molecule has 0 unspecified atom stereocenters. The Labute approximate surface area is 104 Å². The Kier molecular flexibility index (Phi) is 2.53. The van der Waals surface area contributed by atoms with Crippen molar-refractivity contribution in [3.05, 3.63) is 65.1 Å². The average molecular weight is 244 g/mol. The average Bonchev–Trinajstić information content (AvgIpc) is 2.71. The van der Waals surface area contributed by atoms with E-state index >= 15 is 0 Å². The predicted molar refractivity (Wildman–Crippen MR) is 67.2 cm³/mol. The second kappa shape index (κ2) is 4.18. The van der Waals surface area contributed by atoms with Crippen LogP contribution in [0.2, 0.25) is 5.15 Å². The van der Waals surface area contributed by atoms with Gasteiger partial charge in [0.25, 0.3) is 0 Å². The van der Waals surface area contributed by atoms with Crippen molar-refractivity contribution in [2.45, 2.75) is 6.42 Å². The number of imidazole rings is 1. The van der Waals surface area contributed by atoms with Gasteiger partial charge in [0, 0.05) is 6.42 Å². The van der Waals surface area contributed by atoms with Crippen LogP contribution in [0.15, 0.2) is 48.7 Å². The number of hydrogen-bond acceptors (Lipinski definition) is 2. The van der Waals surface area contributed by atoms with E-state index in [-0.39, 0.29) is 0 Å². The number of halogens is 1. The van der Waals surface area contributed by atoms with Gasteiger partial charge in [-0.05, 0) is 17.7 Å². The van der Waals surface area contributed by atoms with Gasteiger partial charge in [-0.2, -0.15) is 5.10 Å². The molecule has 2 heterocycles. The third-order valence-electron chi connectivity index (χ3n) is 2.57. The number of fused-ring (bicyclic) bond motifs is 1. The molecular weight excluding hydrogens is 234 g/mol. The van der Waals surface area contributed by atoms with E-state index in [2.05, 4.69) is 22.2 Å². The Morgan fingerprint density at radius 1 is 1.06 bits per heavy atom. The van der Waals surface area contributed by atoms with E-state index in [1.165, 1.54) is 5.56 Å². The molecule has 17 heavy (non-hydrogen) atoms. The molecule has 2 aromatic heterocycles. The molecule has 0 amide bonds. The summed E-state index contributed by atoms with van der Waals surface area (Å²) >= 11 is 5.83. The van der Waals surface area contributed by atoms with Crippen LogP contribution in [0.5, 0.6) is 0 Å². The largest absolute Gasteiger partial charge is 0.232 e. The minimum absolute atomic E-state index is 0.473. The van der Waals surface area contributed by atoms with E-state index in [0.29, 0.717) is 5.15 Å². The molecule has 0 spiro atoms. The molecule has 0 aliphatic carbocycles. The van der Waals surface area contributed by atoms with Crippen molar-refractivity contribution in [2.75, 3.05) is 0 Å². The predicted octanol–water partition coefficient (Wildman–Crippen LogP) is 2.97. The van der Waals surface area contributed by atoms with E-state index in [4.69, 9.17) is 11.6 Å². The molecule has 0 aliphatic rings. The lowest BCUT2D eigenvalue weighted by Gasteiger charge is -1.95. The molecular formula is C13H10ClN3. The molecule has 0 aliphatic heterocycles. The molecule has 3 rings (SSSR count). The molecule has 0 bridgehead atoms. The second-order valence-corrected chi connectivity index (χ2v) is 4.24. The lowest BCUT2D eigenvalue weighted by atomic mass is 10.1.